The van der Waals surface area contributed by atoms with Gasteiger partial charge in [-0.3, -0.25) is 14.0 Å². The summed E-state index contributed by atoms with van der Waals surface area (Å²) >= 11 is 0. The molecule has 7 heteroatoms. The highest BCUT2D eigenvalue weighted by atomic mass is 16.2. The maximum absolute atomic E-state index is 13.3. The van der Waals surface area contributed by atoms with Gasteiger partial charge in [-0.05, 0) is 56.7 Å². The van der Waals surface area contributed by atoms with Crippen LogP contribution in [0.25, 0.3) is 11.7 Å². The van der Waals surface area contributed by atoms with Crippen LogP contribution in [0.1, 0.15) is 44.1 Å². The van der Waals surface area contributed by atoms with E-state index in [1.807, 2.05) is 12.1 Å². The number of piperidine rings is 2. The van der Waals surface area contributed by atoms with Gasteiger partial charge in [-0.2, -0.15) is 5.26 Å². The third-order valence-electron chi connectivity index (χ3n) is 5.69. The molecule has 2 aromatic heterocycles. The molecule has 2 fully saturated rings. The molecule has 0 N–H and O–H groups in total. The number of rotatable bonds is 3. The first kappa shape index (κ1) is 19.2. The second kappa shape index (κ2) is 8.48. The highest BCUT2D eigenvalue weighted by Gasteiger charge is 2.24. The van der Waals surface area contributed by atoms with E-state index in [0.717, 1.165) is 51.6 Å². The molecule has 150 valence electrons. The first-order valence-corrected chi connectivity index (χ1v) is 10.4. The summed E-state index contributed by atoms with van der Waals surface area (Å²) < 4.78 is 1.47. The van der Waals surface area contributed by atoms with Crippen LogP contribution in [-0.2, 0) is 4.79 Å². The molecule has 0 aromatic carbocycles. The van der Waals surface area contributed by atoms with Crippen LogP contribution >= 0.6 is 0 Å². The van der Waals surface area contributed by atoms with Crippen molar-refractivity contribution in [1.29, 1.82) is 5.26 Å². The van der Waals surface area contributed by atoms with Crippen LogP contribution in [-0.4, -0.2) is 46.4 Å². The topological polar surface area (TPSA) is 81.7 Å². The van der Waals surface area contributed by atoms with Crippen molar-refractivity contribution in [2.75, 3.05) is 31.1 Å². The van der Waals surface area contributed by atoms with Crippen LogP contribution < -0.4 is 10.5 Å². The molecule has 1 amide bonds. The number of hydrogen-bond acceptors (Lipinski definition) is 5. The molecule has 4 heterocycles. The Morgan fingerprint density at radius 1 is 1.03 bits per heavy atom. The molecule has 2 aliphatic heterocycles. The second-order valence-corrected chi connectivity index (χ2v) is 7.65. The molecule has 0 bridgehead atoms. The Labute approximate surface area is 169 Å². The van der Waals surface area contributed by atoms with Crippen LogP contribution in [0.4, 0.5) is 5.82 Å². The maximum Gasteiger partial charge on any atom is 0.267 e. The molecular weight excluding hydrogens is 366 g/mol. The third-order valence-corrected chi connectivity index (χ3v) is 5.69. The maximum atomic E-state index is 13.3. The van der Waals surface area contributed by atoms with E-state index < -0.39 is 0 Å². The largest absolute Gasteiger partial charge is 0.356 e. The minimum Gasteiger partial charge on any atom is -0.356 e. The lowest BCUT2D eigenvalue weighted by Gasteiger charge is -2.29. The van der Waals surface area contributed by atoms with Crippen molar-refractivity contribution in [2.45, 2.75) is 38.5 Å². The SMILES string of the molecule is N#C/C(=C/c1c(N2CCCCC2)nc2ccccn2c1=O)C(=O)N1CCCCC1. The van der Waals surface area contributed by atoms with Crippen LogP contribution in [0.3, 0.4) is 0 Å². The molecule has 29 heavy (non-hydrogen) atoms. The van der Waals surface area contributed by atoms with E-state index in [-0.39, 0.29) is 17.0 Å². The van der Waals surface area contributed by atoms with Crippen molar-refractivity contribution in [2.24, 2.45) is 0 Å². The molecule has 2 aromatic rings. The minimum absolute atomic E-state index is 0.0000550. The van der Waals surface area contributed by atoms with Gasteiger partial charge in [0.05, 0.1) is 5.56 Å². The Balaban J connectivity index is 1.82. The number of nitrogens with zero attached hydrogens (tertiary/aromatic N) is 5. The van der Waals surface area contributed by atoms with Gasteiger partial charge in [0.15, 0.2) is 0 Å². The zero-order chi connectivity index (χ0) is 20.2. The van der Waals surface area contributed by atoms with Gasteiger partial charge >= 0.3 is 0 Å². The summed E-state index contributed by atoms with van der Waals surface area (Å²) in [6, 6.07) is 7.44. The standard InChI is InChI=1S/C22H25N5O2/c23-16-17(21(28)26-12-6-2-7-13-26)15-18-20(25-10-4-1-5-11-25)24-19-9-3-8-14-27(19)22(18)29/h3,8-9,14-15H,1-2,4-7,10-13H2/b17-15-. The van der Waals surface area contributed by atoms with Gasteiger partial charge in [-0.25, -0.2) is 4.98 Å². The average molecular weight is 391 g/mol. The number of likely N-dealkylation sites (tertiary alicyclic amines) is 1. The molecule has 0 atom stereocenters. The highest BCUT2D eigenvalue weighted by Crippen LogP contribution is 2.23. The van der Waals surface area contributed by atoms with E-state index in [4.69, 9.17) is 4.98 Å². The normalized spacial score (nSPS) is 18.0. The molecule has 2 aliphatic rings. The number of carbonyl (C=O) groups is 1. The third kappa shape index (κ3) is 3.88. The smallest absolute Gasteiger partial charge is 0.267 e. The van der Waals surface area contributed by atoms with E-state index in [2.05, 4.69) is 4.90 Å². The monoisotopic (exact) mass is 391 g/mol. The fraction of sp³-hybridized carbons (Fsp3) is 0.455. The van der Waals surface area contributed by atoms with Gasteiger partial charge in [0.25, 0.3) is 11.5 Å². The van der Waals surface area contributed by atoms with Crippen molar-refractivity contribution >= 4 is 23.4 Å². The van der Waals surface area contributed by atoms with Gasteiger partial charge < -0.3 is 9.80 Å². The number of fused-ring (bicyclic) bond motifs is 1. The summed E-state index contributed by atoms with van der Waals surface area (Å²) in [4.78, 5) is 34.7. The lowest BCUT2D eigenvalue weighted by molar-refractivity contribution is -0.127. The summed E-state index contributed by atoms with van der Waals surface area (Å²) in [6.45, 7) is 2.95. The lowest BCUT2D eigenvalue weighted by Crippen LogP contribution is -2.36. The number of amides is 1. The molecule has 0 spiro atoms. The fourth-order valence-corrected chi connectivity index (χ4v) is 4.12. The zero-order valence-corrected chi connectivity index (χ0v) is 16.5. The Morgan fingerprint density at radius 3 is 2.41 bits per heavy atom. The second-order valence-electron chi connectivity index (χ2n) is 7.65. The fourth-order valence-electron chi connectivity index (χ4n) is 4.12. The summed E-state index contributed by atoms with van der Waals surface area (Å²) in [6.07, 6.45) is 9.35. The summed E-state index contributed by atoms with van der Waals surface area (Å²) in [7, 11) is 0. The molecule has 0 aliphatic carbocycles. The molecule has 0 unspecified atom stereocenters. The van der Waals surface area contributed by atoms with Crippen LogP contribution in [0, 0.1) is 11.3 Å². The van der Waals surface area contributed by atoms with Crippen molar-refractivity contribution in [3.05, 3.63) is 45.9 Å². The zero-order valence-electron chi connectivity index (χ0n) is 16.5. The number of nitriles is 1. The van der Waals surface area contributed by atoms with Gasteiger partial charge in [-0.15, -0.1) is 0 Å². The van der Waals surface area contributed by atoms with Crippen molar-refractivity contribution in [1.82, 2.24) is 14.3 Å². The summed E-state index contributed by atoms with van der Waals surface area (Å²) in [5, 5.41) is 9.69. The lowest BCUT2D eigenvalue weighted by atomic mass is 10.1. The number of pyridine rings is 1. The van der Waals surface area contributed by atoms with E-state index in [1.165, 1.54) is 10.5 Å². The Kier molecular flexibility index (Phi) is 5.61. The van der Waals surface area contributed by atoms with Crippen molar-refractivity contribution in [3.63, 3.8) is 0 Å². The Morgan fingerprint density at radius 2 is 1.72 bits per heavy atom. The number of carbonyl (C=O) groups excluding carboxylic acids is 1. The van der Waals surface area contributed by atoms with Gasteiger partial charge in [0, 0.05) is 32.4 Å². The first-order valence-electron chi connectivity index (χ1n) is 10.4. The van der Waals surface area contributed by atoms with E-state index in [9.17, 15) is 14.9 Å². The van der Waals surface area contributed by atoms with Gasteiger partial charge in [0.1, 0.15) is 23.1 Å². The Hall–Kier alpha value is -3.14. The molecule has 2 saturated heterocycles. The predicted octanol–water partition coefficient (Wildman–Crippen LogP) is 2.60. The predicted molar refractivity (Wildman–Crippen MR) is 112 cm³/mol. The summed E-state index contributed by atoms with van der Waals surface area (Å²) in [5.41, 5.74) is 0.629. The van der Waals surface area contributed by atoms with Gasteiger partial charge in [-0.1, -0.05) is 6.07 Å². The first-order chi connectivity index (χ1) is 14.2. The minimum atomic E-state index is -0.297. The highest BCUT2D eigenvalue weighted by molar-refractivity contribution is 6.02. The molecule has 4 rings (SSSR count). The molecule has 0 saturated carbocycles. The molecule has 0 radical (unpaired) electrons. The van der Waals surface area contributed by atoms with Crippen LogP contribution in [0.2, 0.25) is 0 Å². The van der Waals surface area contributed by atoms with Crippen LogP contribution in [0.15, 0.2) is 34.8 Å². The van der Waals surface area contributed by atoms with Crippen LogP contribution in [0.5, 0.6) is 0 Å². The van der Waals surface area contributed by atoms with E-state index in [1.54, 1.807) is 23.2 Å². The number of anilines is 1. The Bertz CT molecular complexity index is 1040. The molecule has 7 nitrogen and oxygen atoms in total. The number of aromatic nitrogens is 2. The van der Waals surface area contributed by atoms with E-state index >= 15 is 0 Å². The van der Waals surface area contributed by atoms with Crippen molar-refractivity contribution < 1.29 is 4.79 Å². The number of hydrogen-bond donors (Lipinski definition) is 0. The molecular formula is C22H25N5O2. The quantitative estimate of drug-likeness (QED) is 0.593. The van der Waals surface area contributed by atoms with E-state index in [0.29, 0.717) is 30.1 Å². The average Bonchev–Trinajstić information content (AvgIpc) is 2.79. The van der Waals surface area contributed by atoms with Gasteiger partial charge in [0.2, 0.25) is 0 Å². The van der Waals surface area contributed by atoms with Crippen molar-refractivity contribution in [3.8, 4) is 6.07 Å². The summed E-state index contributed by atoms with van der Waals surface area (Å²) in [5.74, 6) is 0.273.